The number of nitrogens with one attached hydrogen (secondary N) is 2. The maximum absolute atomic E-state index is 13.7. The molecule has 5 nitrogen and oxygen atoms in total. The Hall–Kier alpha value is -1.37. The zero-order chi connectivity index (χ0) is 20.4. The van der Waals surface area contributed by atoms with E-state index in [1.54, 1.807) is 17.4 Å². The van der Waals surface area contributed by atoms with Crippen LogP contribution in [-0.2, 0) is 9.53 Å². The number of thiophene rings is 1. The van der Waals surface area contributed by atoms with Crippen LogP contribution in [0.1, 0.15) is 50.3 Å². The summed E-state index contributed by atoms with van der Waals surface area (Å²) in [6.07, 6.45) is 10.3. The predicted molar refractivity (Wildman–Crippen MR) is 119 cm³/mol. The van der Waals surface area contributed by atoms with Crippen LogP contribution in [-0.4, -0.2) is 53.2 Å². The minimum Gasteiger partial charge on any atom is -0.374 e. The Balaban J connectivity index is 1.54. The van der Waals surface area contributed by atoms with Crippen molar-refractivity contribution < 1.29 is 9.53 Å². The lowest BCUT2D eigenvalue weighted by Crippen LogP contribution is -2.49. The van der Waals surface area contributed by atoms with Gasteiger partial charge in [-0.1, -0.05) is 25.3 Å². The maximum Gasteiger partial charge on any atom is 0.245 e. The van der Waals surface area contributed by atoms with Crippen LogP contribution in [0.4, 0.5) is 5.00 Å². The van der Waals surface area contributed by atoms with E-state index in [1.165, 1.54) is 19.3 Å². The second kappa shape index (κ2) is 9.19. The molecule has 2 N–H and O–H groups in total. The fourth-order valence-corrected chi connectivity index (χ4v) is 6.21. The van der Waals surface area contributed by atoms with E-state index in [0.717, 1.165) is 29.1 Å². The van der Waals surface area contributed by atoms with Gasteiger partial charge in [0, 0.05) is 13.2 Å². The number of carbonyl (C=O) groups is 1. The number of alkyl halides is 1. The summed E-state index contributed by atoms with van der Waals surface area (Å²) in [5.74, 6) is 0.506. The van der Waals surface area contributed by atoms with E-state index < -0.39 is 0 Å². The number of ether oxygens (including phenoxy) is 1. The van der Waals surface area contributed by atoms with E-state index in [4.69, 9.17) is 21.7 Å². The lowest BCUT2D eigenvalue weighted by atomic mass is 9.83. The first-order chi connectivity index (χ1) is 14.1. The Morgan fingerprint density at radius 2 is 2.14 bits per heavy atom. The molecule has 1 aliphatic carbocycles. The van der Waals surface area contributed by atoms with Crippen molar-refractivity contribution >= 4 is 39.6 Å². The second-order valence-electron chi connectivity index (χ2n) is 8.30. The number of anilines is 1. The Kier molecular flexibility index (Phi) is 6.62. The molecule has 0 spiro atoms. The van der Waals surface area contributed by atoms with Crippen LogP contribution in [0.25, 0.3) is 0 Å². The van der Waals surface area contributed by atoms with E-state index in [9.17, 15) is 4.79 Å². The van der Waals surface area contributed by atoms with Gasteiger partial charge in [-0.2, -0.15) is 0 Å². The molecule has 0 bridgehead atoms. The third-order valence-electron chi connectivity index (χ3n) is 6.40. The maximum atomic E-state index is 13.7. The molecular formula is C22H30ClN3O2S. The van der Waals surface area contributed by atoms with Gasteiger partial charge >= 0.3 is 0 Å². The van der Waals surface area contributed by atoms with E-state index in [1.807, 2.05) is 30.0 Å². The molecule has 2 saturated heterocycles. The fourth-order valence-electron chi connectivity index (χ4n) is 4.95. The lowest BCUT2D eigenvalue weighted by molar-refractivity contribution is -0.134. The summed E-state index contributed by atoms with van der Waals surface area (Å²) in [7, 11) is 0. The van der Waals surface area contributed by atoms with E-state index in [-0.39, 0.29) is 29.5 Å². The molecule has 1 unspecified atom stereocenters. The molecule has 1 aromatic heterocycles. The van der Waals surface area contributed by atoms with Crippen molar-refractivity contribution in [3.8, 4) is 0 Å². The predicted octanol–water partition coefficient (Wildman–Crippen LogP) is 4.66. The molecule has 1 amide bonds. The van der Waals surface area contributed by atoms with Crippen molar-refractivity contribution in [1.29, 1.82) is 5.41 Å². The third kappa shape index (κ3) is 4.39. The van der Waals surface area contributed by atoms with Gasteiger partial charge in [0.05, 0.1) is 33.1 Å². The number of nitrogens with zero attached hydrogens (tertiary/aromatic N) is 1. The second-order valence-corrected chi connectivity index (χ2v) is 9.94. The van der Waals surface area contributed by atoms with Crippen LogP contribution >= 0.6 is 22.9 Å². The van der Waals surface area contributed by atoms with Crippen molar-refractivity contribution in [2.45, 2.75) is 69.0 Å². The fraction of sp³-hybridized carbons (Fsp3) is 0.636. The van der Waals surface area contributed by atoms with Crippen molar-refractivity contribution in [2.75, 3.05) is 18.5 Å². The number of hydrogen-bond acceptors (Lipinski definition) is 5. The van der Waals surface area contributed by atoms with Crippen LogP contribution in [0, 0.1) is 11.3 Å². The third-order valence-corrected chi connectivity index (χ3v) is 7.84. The number of fused-ring (bicyclic) bond motifs is 1. The van der Waals surface area contributed by atoms with Crippen molar-refractivity contribution in [1.82, 2.24) is 4.90 Å². The average molecular weight is 436 g/mol. The molecule has 3 heterocycles. The van der Waals surface area contributed by atoms with Crippen LogP contribution in [0.15, 0.2) is 24.3 Å². The Bertz CT molecular complexity index is 774. The summed E-state index contributed by atoms with van der Waals surface area (Å²) in [4.78, 5) is 16.6. The zero-order valence-electron chi connectivity index (χ0n) is 16.9. The smallest absolute Gasteiger partial charge is 0.245 e. The normalized spacial score (nSPS) is 28.6. The molecule has 29 heavy (non-hydrogen) atoms. The number of hydrogen-bond donors (Lipinski definition) is 2. The molecule has 158 valence electrons. The molecule has 0 aromatic carbocycles. The molecule has 7 heteroatoms. The minimum atomic E-state index is -0.235. The van der Waals surface area contributed by atoms with Gasteiger partial charge in [0.1, 0.15) is 6.04 Å². The largest absolute Gasteiger partial charge is 0.374 e. The molecular weight excluding hydrogens is 406 g/mol. The number of amides is 1. The molecule has 1 saturated carbocycles. The van der Waals surface area contributed by atoms with Gasteiger partial charge in [-0.15, -0.1) is 22.9 Å². The van der Waals surface area contributed by atoms with Gasteiger partial charge in [0.2, 0.25) is 5.91 Å². The highest BCUT2D eigenvalue weighted by atomic mass is 35.5. The number of carbonyl (C=O) groups excluding carboxylic acids is 1. The van der Waals surface area contributed by atoms with Gasteiger partial charge in [-0.05, 0) is 50.3 Å². The average Bonchev–Trinajstić information content (AvgIpc) is 3.45. The van der Waals surface area contributed by atoms with Crippen molar-refractivity contribution in [2.24, 2.45) is 5.92 Å². The van der Waals surface area contributed by atoms with Gasteiger partial charge in [-0.3, -0.25) is 10.2 Å². The minimum absolute atomic E-state index is 0.0257. The van der Waals surface area contributed by atoms with Gasteiger partial charge in [0.15, 0.2) is 0 Å². The Morgan fingerprint density at radius 3 is 2.90 bits per heavy atom. The van der Waals surface area contributed by atoms with Crippen LogP contribution in [0.3, 0.4) is 0 Å². The first-order valence-corrected chi connectivity index (χ1v) is 12.0. The monoisotopic (exact) mass is 435 g/mol. The summed E-state index contributed by atoms with van der Waals surface area (Å²) < 4.78 is 5.79. The molecule has 2 aliphatic heterocycles. The summed E-state index contributed by atoms with van der Waals surface area (Å²) in [6.45, 7) is 3.17. The summed E-state index contributed by atoms with van der Waals surface area (Å²) in [5.41, 5.74) is 0.501. The van der Waals surface area contributed by atoms with E-state index >= 15 is 0 Å². The van der Waals surface area contributed by atoms with Crippen molar-refractivity contribution in [3.05, 3.63) is 29.2 Å². The van der Waals surface area contributed by atoms with E-state index in [0.29, 0.717) is 24.8 Å². The number of likely N-dealkylation sites (tertiary alicyclic amines) is 1. The van der Waals surface area contributed by atoms with Crippen molar-refractivity contribution in [3.63, 3.8) is 0 Å². The number of allylic oxidation sites excluding steroid dienone is 2. The summed E-state index contributed by atoms with van der Waals surface area (Å²) in [6, 6.07) is 3.83. The van der Waals surface area contributed by atoms with E-state index in [2.05, 4.69) is 5.32 Å². The standard InChI is InChI=1S/C22H30ClN3O2S/c1-2-6-16(24)18-9-10-19(29-18)25-20(14-7-4-3-5-8-14)22(27)26-13-15(23)21-17(26)11-12-28-21/h2,6,9-10,14-15,17,20-21,24-25H,3-5,7-8,11-13H2,1H3/b6-2-,24-16?/t15-,17+,20?,21+/m0/s1. The first kappa shape index (κ1) is 20.9. The van der Waals surface area contributed by atoms with Gasteiger partial charge in [-0.25, -0.2) is 0 Å². The summed E-state index contributed by atoms with van der Waals surface area (Å²) in [5, 5.41) is 12.5. The Morgan fingerprint density at radius 1 is 1.34 bits per heavy atom. The molecule has 3 fully saturated rings. The highest BCUT2D eigenvalue weighted by Gasteiger charge is 2.48. The molecule has 3 aliphatic rings. The highest BCUT2D eigenvalue weighted by Crippen LogP contribution is 2.36. The highest BCUT2D eigenvalue weighted by molar-refractivity contribution is 7.18. The topological polar surface area (TPSA) is 65.4 Å². The zero-order valence-corrected chi connectivity index (χ0v) is 18.5. The molecule has 4 atom stereocenters. The lowest BCUT2D eigenvalue weighted by Gasteiger charge is -2.34. The molecule has 1 aromatic rings. The number of halogens is 1. The van der Waals surface area contributed by atoms with Gasteiger partial charge < -0.3 is 15.0 Å². The summed E-state index contributed by atoms with van der Waals surface area (Å²) >= 11 is 8.05. The quantitative estimate of drug-likeness (QED) is 0.504. The number of rotatable bonds is 6. The first-order valence-electron chi connectivity index (χ1n) is 10.7. The molecule has 4 rings (SSSR count). The van der Waals surface area contributed by atoms with Gasteiger partial charge in [0.25, 0.3) is 0 Å². The van der Waals surface area contributed by atoms with Crippen LogP contribution in [0.2, 0.25) is 0 Å². The van der Waals surface area contributed by atoms with Crippen LogP contribution in [0.5, 0.6) is 0 Å². The Labute approximate surface area is 182 Å². The molecule has 0 radical (unpaired) electrons. The SMILES string of the molecule is C/C=C\C(=N)c1ccc(NC(C(=O)N2C[C@H](Cl)[C@H]3OCC[C@H]32)C2CCCCC2)s1. The van der Waals surface area contributed by atoms with Crippen LogP contribution < -0.4 is 5.32 Å².